The Labute approximate surface area is 197 Å². The maximum Gasteiger partial charge on any atom is 0.230 e. The first kappa shape index (κ1) is 22.3. The van der Waals surface area contributed by atoms with Gasteiger partial charge in [-0.25, -0.2) is 4.98 Å². The van der Waals surface area contributed by atoms with Crippen LogP contribution in [0.5, 0.6) is 5.75 Å². The molecule has 1 aromatic heterocycles. The summed E-state index contributed by atoms with van der Waals surface area (Å²) in [4.78, 5) is 18.6. The molecule has 5 nitrogen and oxygen atoms in total. The van der Waals surface area contributed by atoms with Gasteiger partial charge in [0, 0.05) is 12.3 Å². The number of ether oxygens (including phenoxy) is 1. The predicted molar refractivity (Wildman–Crippen MR) is 132 cm³/mol. The summed E-state index contributed by atoms with van der Waals surface area (Å²) < 4.78 is 5.91. The predicted octanol–water partition coefficient (Wildman–Crippen LogP) is 6.51. The van der Waals surface area contributed by atoms with Crippen molar-refractivity contribution in [1.82, 2.24) is 4.98 Å². The number of anilines is 2. The highest BCUT2D eigenvalue weighted by Crippen LogP contribution is 2.30. The molecule has 0 aliphatic carbocycles. The standard InChI is InChI=1S/C27H23N3O2S/c1-3-20-6-12-25(13-7-20)30(19(2)31)27-29-24(18-33-27)17-32-26-14-10-23(11-15-26)22-8-4-21(16-28)5-9-22/h4-15,18H,3,17H2,1-2H3. The molecule has 0 atom stereocenters. The molecular weight excluding hydrogens is 430 g/mol. The molecule has 33 heavy (non-hydrogen) atoms. The third kappa shape index (κ3) is 5.28. The second kappa shape index (κ2) is 10.1. The fourth-order valence-corrected chi connectivity index (χ4v) is 4.28. The van der Waals surface area contributed by atoms with Crippen molar-refractivity contribution in [3.63, 3.8) is 0 Å². The Balaban J connectivity index is 1.42. The van der Waals surface area contributed by atoms with E-state index in [0.717, 1.165) is 34.7 Å². The van der Waals surface area contributed by atoms with Crippen molar-refractivity contribution in [2.75, 3.05) is 4.90 Å². The molecule has 4 aromatic rings. The highest BCUT2D eigenvalue weighted by atomic mass is 32.1. The normalized spacial score (nSPS) is 10.5. The minimum atomic E-state index is -0.0838. The van der Waals surface area contributed by atoms with Crippen LogP contribution in [0, 0.1) is 11.3 Å². The second-order valence-corrected chi connectivity index (χ2v) is 8.33. The Kier molecular flexibility index (Phi) is 6.82. The molecule has 0 bridgehead atoms. The topological polar surface area (TPSA) is 66.2 Å². The van der Waals surface area contributed by atoms with Crippen LogP contribution < -0.4 is 9.64 Å². The number of thiazole rings is 1. The zero-order valence-electron chi connectivity index (χ0n) is 18.5. The lowest BCUT2D eigenvalue weighted by Gasteiger charge is -2.18. The summed E-state index contributed by atoms with van der Waals surface area (Å²) in [5, 5.41) is 11.5. The zero-order valence-corrected chi connectivity index (χ0v) is 19.3. The van der Waals surface area contributed by atoms with E-state index >= 15 is 0 Å². The van der Waals surface area contributed by atoms with Crippen molar-refractivity contribution in [1.29, 1.82) is 5.26 Å². The Morgan fingerprint density at radius 1 is 1.00 bits per heavy atom. The minimum Gasteiger partial charge on any atom is -0.487 e. The number of rotatable bonds is 7. The second-order valence-electron chi connectivity index (χ2n) is 7.50. The van der Waals surface area contributed by atoms with Gasteiger partial charge in [0.1, 0.15) is 12.4 Å². The molecule has 0 spiro atoms. The van der Waals surface area contributed by atoms with Crippen LogP contribution in [-0.4, -0.2) is 10.9 Å². The number of aromatic nitrogens is 1. The van der Waals surface area contributed by atoms with Crippen molar-refractivity contribution in [2.45, 2.75) is 26.9 Å². The Hall–Kier alpha value is -3.95. The molecule has 164 valence electrons. The molecule has 0 N–H and O–H groups in total. The van der Waals surface area contributed by atoms with Gasteiger partial charge in [-0.2, -0.15) is 5.26 Å². The lowest BCUT2D eigenvalue weighted by molar-refractivity contribution is -0.115. The number of nitriles is 1. The summed E-state index contributed by atoms with van der Waals surface area (Å²) in [7, 11) is 0. The third-order valence-corrected chi connectivity index (χ3v) is 6.11. The molecule has 0 saturated carbocycles. The molecule has 0 aliphatic heterocycles. The van der Waals surface area contributed by atoms with Crippen molar-refractivity contribution >= 4 is 28.1 Å². The van der Waals surface area contributed by atoms with Gasteiger partial charge in [-0.15, -0.1) is 11.3 Å². The van der Waals surface area contributed by atoms with Gasteiger partial charge in [-0.1, -0.05) is 43.3 Å². The van der Waals surface area contributed by atoms with Gasteiger partial charge >= 0.3 is 0 Å². The lowest BCUT2D eigenvalue weighted by Crippen LogP contribution is -2.22. The first-order chi connectivity index (χ1) is 16.1. The van der Waals surface area contributed by atoms with Crippen LogP contribution in [0.15, 0.2) is 78.2 Å². The van der Waals surface area contributed by atoms with Crippen LogP contribution in [0.2, 0.25) is 0 Å². The summed E-state index contributed by atoms with van der Waals surface area (Å²) in [6.07, 6.45) is 0.952. The fraction of sp³-hybridized carbons (Fsp3) is 0.148. The van der Waals surface area contributed by atoms with Gasteiger partial charge in [-0.05, 0) is 59.5 Å². The summed E-state index contributed by atoms with van der Waals surface area (Å²) in [6, 6.07) is 25.4. The summed E-state index contributed by atoms with van der Waals surface area (Å²) in [5.74, 6) is 0.653. The number of hydrogen-bond acceptors (Lipinski definition) is 5. The van der Waals surface area contributed by atoms with E-state index in [4.69, 9.17) is 10.00 Å². The Morgan fingerprint density at radius 3 is 2.21 bits per heavy atom. The van der Waals surface area contributed by atoms with Crippen molar-refractivity contribution in [2.24, 2.45) is 0 Å². The highest BCUT2D eigenvalue weighted by Gasteiger charge is 2.18. The number of carbonyl (C=O) groups is 1. The molecule has 0 fully saturated rings. The van der Waals surface area contributed by atoms with E-state index < -0.39 is 0 Å². The molecule has 1 amide bonds. The van der Waals surface area contributed by atoms with Gasteiger partial charge in [0.2, 0.25) is 5.91 Å². The minimum absolute atomic E-state index is 0.0838. The summed E-state index contributed by atoms with van der Waals surface area (Å²) >= 11 is 1.42. The van der Waals surface area contributed by atoms with Gasteiger partial charge in [-0.3, -0.25) is 9.69 Å². The Morgan fingerprint density at radius 2 is 1.64 bits per heavy atom. The van der Waals surface area contributed by atoms with E-state index in [1.165, 1.54) is 16.9 Å². The van der Waals surface area contributed by atoms with Crippen LogP contribution in [-0.2, 0) is 17.8 Å². The van der Waals surface area contributed by atoms with Gasteiger partial charge < -0.3 is 4.74 Å². The molecule has 0 radical (unpaired) electrons. The highest BCUT2D eigenvalue weighted by molar-refractivity contribution is 7.14. The number of carbonyl (C=O) groups excluding carboxylic acids is 1. The van der Waals surface area contributed by atoms with Crippen molar-refractivity contribution in [3.05, 3.63) is 95.0 Å². The number of nitrogens with zero attached hydrogens (tertiary/aromatic N) is 3. The third-order valence-electron chi connectivity index (χ3n) is 5.24. The molecule has 1 heterocycles. The van der Waals surface area contributed by atoms with Crippen LogP contribution in [0.4, 0.5) is 10.8 Å². The van der Waals surface area contributed by atoms with E-state index in [-0.39, 0.29) is 5.91 Å². The van der Waals surface area contributed by atoms with Crippen molar-refractivity contribution < 1.29 is 9.53 Å². The van der Waals surface area contributed by atoms with Gasteiger partial charge in [0.05, 0.1) is 23.0 Å². The van der Waals surface area contributed by atoms with Gasteiger partial charge in [0.15, 0.2) is 5.13 Å². The molecule has 6 heteroatoms. The maximum atomic E-state index is 12.3. The fourth-order valence-electron chi connectivity index (χ4n) is 3.41. The maximum absolute atomic E-state index is 12.3. The Bertz CT molecular complexity index is 1270. The first-order valence-corrected chi connectivity index (χ1v) is 11.5. The largest absolute Gasteiger partial charge is 0.487 e. The van der Waals surface area contributed by atoms with Crippen LogP contribution in [0.3, 0.4) is 0 Å². The smallest absolute Gasteiger partial charge is 0.230 e. The summed E-state index contributed by atoms with van der Waals surface area (Å²) in [6.45, 7) is 3.96. The monoisotopic (exact) mass is 453 g/mol. The number of hydrogen-bond donors (Lipinski definition) is 0. The van der Waals surface area contributed by atoms with Crippen LogP contribution in [0.25, 0.3) is 11.1 Å². The number of aryl methyl sites for hydroxylation is 1. The molecule has 0 unspecified atom stereocenters. The van der Waals surface area contributed by atoms with E-state index in [9.17, 15) is 4.79 Å². The molecule has 3 aromatic carbocycles. The van der Waals surface area contributed by atoms with Crippen molar-refractivity contribution in [3.8, 4) is 22.9 Å². The van der Waals surface area contributed by atoms with E-state index in [1.807, 2.05) is 78.2 Å². The van der Waals surface area contributed by atoms with Crippen LogP contribution in [0.1, 0.15) is 30.7 Å². The SMILES string of the molecule is CCc1ccc(N(C(C)=O)c2nc(COc3ccc(-c4ccc(C#N)cc4)cc3)cs2)cc1. The summed E-state index contributed by atoms with van der Waals surface area (Å²) in [5.41, 5.74) is 5.53. The number of benzene rings is 3. The quantitative estimate of drug-likeness (QED) is 0.320. The van der Waals surface area contributed by atoms with E-state index in [2.05, 4.69) is 18.0 Å². The lowest BCUT2D eigenvalue weighted by atomic mass is 10.0. The zero-order chi connectivity index (χ0) is 23.2. The molecule has 0 aliphatic rings. The first-order valence-electron chi connectivity index (χ1n) is 10.6. The van der Waals surface area contributed by atoms with E-state index in [1.54, 1.807) is 11.8 Å². The average Bonchev–Trinajstić information content (AvgIpc) is 3.32. The van der Waals surface area contributed by atoms with Gasteiger partial charge in [0.25, 0.3) is 0 Å². The van der Waals surface area contributed by atoms with Crippen LogP contribution >= 0.6 is 11.3 Å². The number of amides is 1. The van der Waals surface area contributed by atoms with E-state index in [0.29, 0.717) is 17.3 Å². The molecule has 4 rings (SSSR count). The molecular formula is C27H23N3O2S. The average molecular weight is 454 g/mol. The molecule has 0 saturated heterocycles.